The number of aliphatic hydroxyl groups is 1. The van der Waals surface area contributed by atoms with Crippen molar-refractivity contribution in [1.82, 2.24) is 0 Å². The summed E-state index contributed by atoms with van der Waals surface area (Å²) in [6.45, 7) is 15.3. The summed E-state index contributed by atoms with van der Waals surface area (Å²) in [5.74, 6) is 8.44. The number of rotatable bonds is 4. The topological polar surface area (TPSA) is 20.2 Å². The number of fused-ring (bicyclic) bond motifs is 5. The minimum atomic E-state index is -0.0778. The fourth-order valence-corrected chi connectivity index (χ4v) is 10.3. The van der Waals surface area contributed by atoms with Crippen molar-refractivity contribution in [3.63, 3.8) is 0 Å². The highest BCUT2D eigenvalue weighted by Gasteiger charge is 2.60. The molecule has 0 aromatic rings. The van der Waals surface area contributed by atoms with E-state index < -0.39 is 0 Å². The van der Waals surface area contributed by atoms with Gasteiger partial charge in [-0.15, -0.1) is 0 Å². The predicted molar refractivity (Wildman–Crippen MR) is 126 cm³/mol. The summed E-state index contributed by atoms with van der Waals surface area (Å²) in [4.78, 5) is 0. The molecule has 0 aromatic heterocycles. The largest absolute Gasteiger partial charge is 0.393 e. The van der Waals surface area contributed by atoms with E-state index in [9.17, 15) is 5.11 Å². The van der Waals surface area contributed by atoms with Crippen molar-refractivity contribution in [2.75, 3.05) is 0 Å². The molecule has 1 nitrogen and oxygen atoms in total. The summed E-state index contributed by atoms with van der Waals surface area (Å²) in [6.07, 6.45) is 14.4. The first-order valence-electron chi connectivity index (χ1n) is 13.5. The van der Waals surface area contributed by atoms with Gasteiger partial charge in [-0.2, -0.15) is 0 Å². The molecule has 0 spiro atoms. The molecule has 0 radical (unpaired) electrons. The third-order valence-corrected chi connectivity index (χ3v) is 11.9. The van der Waals surface area contributed by atoms with Gasteiger partial charge in [0.05, 0.1) is 6.10 Å². The molecular formula is C29H48O. The van der Waals surface area contributed by atoms with Crippen molar-refractivity contribution in [2.45, 2.75) is 105 Å². The van der Waals surface area contributed by atoms with Crippen LogP contribution in [-0.2, 0) is 0 Å². The normalized spacial score (nSPS) is 53.5. The quantitative estimate of drug-likeness (QED) is 0.474. The van der Waals surface area contributed by atoms with Gasteiger partial charge in [0.2, 0.25) is 0 Å². The molecule has 0 bridgehead atoms. The van der Waals surface area contributed by atoms with Gasteiger partial charge in [0.15, 0.2) is 0 Å². The molecule has 1 N–H and O–H groups in total. The van der Waals surface area contributed by atoms with E-state index in [1.165, 1.54) is 44.9 Å². The second-order valence-electron chi connectivity index (χ2n) is 13.4. The highest BCUT2D eigenvalue weighted by atomic mass is 16.3. The van der Waals surface area contributed by atoms with E-state index in [4.69, 9.17) is 0 Å². The molecule has 1 heteroatoms. The van der Waals surface area contributed by atoms with E-state index in [1.54, 1.807) is 5.57 Å². The van der Waals surface area contributed by atoms with Crippen LogP contribution in [0.3, 0.4) is 0 Å². The van der Waals surface area contributed by atoms with Crippen LogP contribution in [0.4, 0.5) is 0 Å². The Labute approximate surface area is 186 Å². The molecule has 4 fully saturated rings. The molecule has 11 atom stereocenters. The van der Waals surface area contributed by atoms with E-state index in [0.29, 0.717) is 10.8 Å². The Balaban J connectivity index is 1.32. The number of aliphatic hydroxyl groups excluding tert-OH is 1. The second kappa shape index (κ2) is 7.36. The van der Waals surface area contributed by atoms with Gasteiger partial charge < -0.3 is 5.11 Å². The molecule has 170 valence electrons. The maximum atomic E-state index is 10.3. The van der Waals surface area contributed by atoms with Gasteiger partial charge in [-0.3, -0.25) is 0 Å². The molecule has 5 rings (SSSR count). The molecular weight excluding hydrogens is 364 g/mol. The minimum Gasteiger partial charge on any atom is -0.393 e. The lowest BCUT2D eigenvalue weighted by Gasteiger charge is -2.58. The van der Waals surface area contributed by atoms with Crippen LogP contribution in [0.25, 0.3) is 0 Å². The third kappa shape index (κ3) is 3.11. The Morgan fingerprint density at radius 1 is 1.03 bits per heavy atom. The van der Waals surface area contributed by atoms with Crippen molar-refractivity contribution in [2.24, 2.45) is 64.1 Å². The maximum Gasteiger partial charge on any atom is 0.0577 e. The first-order valence-corrected chi connectivity index (χ1v) is 13.5. The van der Waals surface area contributed by atoms with Crippen molar-refractivity contribution < 1.29 is 5.11 Å². The monoisotopic (exact) mass is 412 g/mol. The van der Waals surface area contributed by atoms with Crippen LogP contribution in [0.2, 0.25) is 0 Å². The first-order chi connectivity index (χ1) is 14.2. The van der Waals surface area contributed by atoms with E-state index in [0.717, 1.165) is 66.1 Å². The second-order valence-corrected chi connectivity index (χ2v) is 13.4. The van der Waals surface area contributed by atoms with Gasteiger partial charge in [-0.25, -0.2) is 0 Å². The molecule has 0 heterocycles. The summed E-state index contributed by atoms with van der Waals surface area (Å²) in [7, 11) is 0. The first kappa shape index (κ1) is 21.5. The van der Waals surface area contributed by atoms with E-state index in [1.807, 2.05) is 0 Å². The van der Waals surface area contributed by atoms with Crippen LogP contribution in [0.5, 0.6) is 0 Å². The molecule has 5 aliphatic carbocycles. The zero-order chi connectivity index (χ0) is 21.4. The smallest absolute Gasteiger partial charge is 0.0577 e. The molecule has 5 aliphatic rings. The van der Waals surface area contributed by atoms with Crippen molar-refractivity contribution in [3.05, 3.63) is 11.6 Å². The minimum absolute atomic E-state index is 0.0778. The maximum absolute atomic E-state index is 10.3. The van der Waals surface area contributed by atoms with E-state index in [2.05, 4.69) is 47.6 Å². The van der Waals surface area contributed by atoms with Crippen molar-refractivity contribution in [1.29, 1.82) is 0 Å². The van der Waals surface area contributed by atoms with Crippen molar-refractivity contribution >= 4 is 0 Å². The summed E-state index contributed by atoms with van der Waals surface area (Å²) < 4.78 is 0. The van der Waals surface area contributed by atoms with Crippen LogP contribution < -0.4 is 0 Å². The van der Waals surface area contributed by atoms with Crippen LogP contribution in [-0.4, -0.2) is 11.2 Å². The zero-order valence-electron chi connectivity index (χ0n) is 20.7. The van der Waals surface area contributed by atoms with Gasteiger partial charge in [0.1, 0.15) is 0 Å². The molecule has 0 aliphatic heterocycles. The van der Waals surface area contributed by atoms with Crippen LogP contribution >= 0.6 is 0 Å². The summed E-state index contributed by atoms with van der Waals surface area (Å²) in [5, 5.41) is 10.3. The van der Waals surface area contributed by atoms with Gasteiger partial charge in [0.25, 0.3) is 0 Å². The Hall–Kier alpha value is -0.300. The summed E-state index contributed by atoms with van der Waals surface area (Å²) in [6, 6.07) is 0. The number of hydrogen-bond donors (Lipinski definition) is 1. The Bertz CT molecular complexity index is 692. The van der Waals surface area contributed by atoms with Gasteiger partial charge in [-0.1, -0.05) is 53.2 Å². The molecule has 0 saturated heterocycles. The van der Waals surface area contributed by atoms with Crippen molar-refractivity contribution in [3.8, 4) is 0 Å². The van der Waals surface area contributed by atoms with E-state index >= 15 is 0 Å². The molecule has 30 heavy (non-hydrogen) atoms. The molecule has 4 saturated carbocycles. The Kier molecular flexibility index (Phi) is 5.28. The van der Waals surface area contributed by atoms with Gasteiger partial charge in [0, 0.05) is 0 Å². The van der Waals surface area contributed by atoms with Crippen LogP contribution in [0, 0.1) is 64.1 Å². The summed E-state index contributed by atoms with van der Waals surface area (Å²) >= 11 is 0. The van der Waals surface area contributed by atoms with E-state index in [-0.39, 0.29) is 6.10 Å². The lowest BCUT2D eigenvalue weighted by atomic mass is 9.47. The lowest BCUT2D eigenvalue weighted by molar-refractivity contribution is -0.0576. The Morgan fingerprint density at radius 2 is 1.80 bits per heavy atom. The Morgan fingerprint density at radius 3 is 2.50 bits per heavy atom. The standard InChI is InChI=1S/C29H48O/c1-17(2)27-19(4)23(27)15-18(3)24-9-10-25-22-8-7-20-16-21(30)11-13-28(20,5)26(22)12-14-29(24,25)6/h7,17-19,21-27,30H,8-16H2,1-6H3/t18-,19?,21+,22+,23?,24-,25+,26+,27?,28+,29-/m1/s1. The summed E-state index contributed by atoms with van der Waals surface area (Å²) in [5.41, 5.74) is 2.60. The number of hydrogen-bond acceptors (Lipinski definition) is 1. The lowest BCUT2D eigenvalue weighted by Crippen LogP contribution is -2.50. The van der Waals surface area contributed by atoms with Gasteiger partial charge >= 0.3 is 0 Å². The van der Waals surface area contributed by atoms with Gasteiger partial charge in [-0.05, 0) is 122 Å². The average Bonchev–Trinajstić information content (AvgIpc) is 3.17. The highest BCUT2D eigenvalue weighted by molar-refractivity contribution is 5.25. The predicted octanol–water partition coefficient (Wildman–Crippen LogP) is 7.49. The highest BCUT2D eigenvalue weighted by Crippen LogP contribution is 2.68. The van der Waals surface area contributed by atoms with Crippen LogP contribution in [0.1, 0.15) is 99.3 Å². The van der Waals surface area contributed by atoms with Crippen LogP contribution in [0.15, 0.2) is 11.6 Å². The third-order valence-electron chi connectivity index (χ3n) is 11.9. The zero-order valence-corrected chi connectivity index (χ0v) is 20.7. The fourth-order valence-electron chi connectivity index (χ4n) is 10.3. The average molecular weight is 413 g/mol. The SMILES string of the molecule is CC(C)C1C(C)C1C[C@@H](C)[C@H]1CC[C@H]2[C@@H]3CC=C4C[C@@H](O)CC[C@]4(C)[C@H]3CC[C@]12C. The molecule has 3 unspecified atom stereocenters. The number of allylic oxidation sites excluding steroid dienone is 1. The fraction of sp³-hybridized carbons (Fsp3) is 0.931. The molecule has 0 aromatic carbocycles. The molecule has 0 amide bonds.